The number of nitrogens with zero attached hydrogens (tertiary/aromatic N) is 3. The van der Waals surface area contributed by atoms with E-state index in [1.54, 1.807) is 12.1 Å². The lowest BCUT2D eigenvalue weighted by Gasteiger charge is -2.30. The van der Waals surface area contributed by atoms with E-state index < -0.39 is 5.82 Å². The summed E-state index contributed by atoms with van der Waals surface area (Å²) >= 11 is 0. The normalized spacial score (nSPS) is 20.0. The number of hydrogen-bond donors (Lipinski definition) is 2. The van der Waals surface area contributed by atoms with Crippen LogP contribution in [0.1, 0.15) is 64.4 Å². The number of piperidine rings is 1. The summed E-state index contributed by atoms with van der Waals surface area (Å²) in [6.45, 7) is 6.57. The SMILES string of the molecule is CC1CCCCN1.CCc1c(F)ccc2cc(O)cc(-c3nc4c5c(cc(OC)nc5c3F)N3CCCCCC3CO4)c12. The van der Waals surface area contributed by atoms with E-state index in [1.165, 1.54) is 45.0 Å². The molecule has 2 saturated heterocycles. The van der Waals surface area contributed by atoms with E-state index in [2.05, 4.69) is 27.1 Å². The quantitative estimate of drug-likeness (QED) is 0.259. The Morgan fingerprint density at radius 1 is 1.05 bits per heavy atom. The van der Waals surface area contributed by atoms with Gasteiger partial charge in [0.15, 0.2) is 5.82 Å². The van der Waals surface area contributed by atoms with E-state index in [1.807, 2.05) is 13.0 Å². The van der Waals surface area contributed by atoms with Gasteiger partial charge in [-0.15, -0.1) is 0 Å². The second-order valence-corrected chi connectivity index (χ2v) is 11.8. The van der Waals surface area contributed by atoms with Crippen LogP contribution in [0, 0.1) is 11.6 Å². The Morgan fingerprint density at radius 2 is 1.88 bits per heavy atom. The van der Waals surface area contributed by atoms with Crippen molar-refractivity contribution in [3.8, 4) is 28.8 Å². The Kier molecular flexibility index (Phi) is 8.52. The highest BCUT2D eigenvalue weighted by Gasteiger charge is 2.32. The fourth-order valence-electron chi connectivity index (χ4n) is 6.71. The Bertz CT molecular complexity index is 1640. The summed E-state index contributed by atoms with van der Waals surface area (Å²) in [6, 6.07) is 8.66. The number of benzene rings is 2. The maximum Gasteiger partial charge on any atom is 0.225 e. The van der Waals surface area contributed by atoms with Crippen molar-refractivity contribution in [1.82, 2.24) is 15.3 Å². The van der Waals surface area contributed by atoms with Gasteiger partial charge in [0.25, 0.3) is 0 Å². The molecule has 9 heteroatoms. The Labute approximate surface area is 251 Å². The van der Waals surface area contributed by atoms with Gasteiger partial charge >= 0.3 is 0 Å². The van der Waals surface area contributed by atoms with Gasteiger partial charge < -0.3 is 24.8 Å². The number of ether oxygens (including phenoxy) is 2. The number of rotatable bonds is 3. The Balaban J connectivity index is 0.000000415. The maximum absolute atomic E-state index is 16.4. The van der Waals surface area contributed by atoms with E-state index in [9.17, 15) is 9.50 Å². The number of pyridine rings is 2. The number of phenols is 1. The molecule has 3 aliphatic rings. The molecule has 43 heavy (non-hydrogen) atoms. The van der Waals surface area contributed by atoms with Gasteiger partial charge in [0.1, 0.15) is 29.4 Å². The summed E-state index contributed by atoms with van der Waals surface area (Å²) in [5.41, 5.74) is 1.58. The lowest BCUT2D eigenvalue weighted by atomic mass is 9.94. The van der Waals surface area contributed by atoms with Crippen molar-refractivity contribution < 1.29 is 23.4 Å². The highest BCUT2D eigenvalue weighted by Crippen LogP contribution is 2.45. The van der Waals surface area contributed by atoms with Crippen LogP contribution in [0.2, 0.25) is 0 Å². The van der Waals surface area contributed by atoms with Crippen LogP contribution in [-0.4, -0.2) is 54.0 Å². The highest BCUT2D eigenvalue weighted by molar-refractivity contribution is 6.04. The first-order valence-electron chi connectivity index (χ1n) is 15.5. The molecule has 3 aliphatic heterocycles. The van der Waals surface area contributed by atoms with Crippen LogP contribution in [0.3, 0.4) is 0 Å². The number of aromatic hydroxyl groups is 1. The molecule has 2 unspecified atom stereocenters. The van der Waals surface area contributed by atoms with Crippen LogP contribution in [0.5, 0.6) is 17.5 Å². The zero-order chi connectivity index (χ0) is 30.1. The van der Waals surface area contributed by atoms with E-state index in [-0.39, 0.29) is 34.7 Å². The van der Waals surface area contributed by atoms with Gasteiger partial charge in [0.2, 0.25) is 11.8 Å². The summed E-state index contributed by atoms with van der Waals surface area (Å²) in [5.74, 6) is -0.533. The molecule has 228 valence electrons. The fourth-order valence-corrected chi connectivity index (χ4v) is 6.71. The summed E-state index contributed by atoms with van der Waals surface area (Å²) in [6.07, 6.45) is 8.81. The highest BCUT2D eigenvalue weighted by atomic mass is 19.1. The monoisotopic (exact) mass is 590 g/mol. The average Bonchev–Trinajstić information content (AvgIpc) is 3.33. The van der Waals surface area contributed by atoms with Crippen LogP contribution >= 0.6 is 0 Å². The minimum atomic E-state index is -0.663. The molecule has 2 N–H and O–H groups in total. The van der Waals surface area contributed by atoms with E-state index in [0.29, 0.717) is 46.2 Å². The number of fused-ring (bicyclic) bond motifs is 3. The molecule has 2 atom stereocenters. The molecule has 0 spiro atoms. The molecule has 0 amide bonds. The number of phenolic OH excluding ortho intramolecular Hbond substituents is 1. The fraction of sp³-hybridized carbons (Fsp3) is 0.471. The van der Waals surface area contributed by atoms with Gasteiger partial charge in [-0.2, -0.15) is 0 Å². The van der Waals surface area contributed by atoms with Crippen molar-refractivity contribution in [2.75, 3.05) is 31.7 Å². The summed E-state index contributed by atoms with van der Waals surface area (Å²) in [5, 5.41) is 15.5. The van der Waals surface area contributed by atoms with Crippen molar-refractivity contribution >= 4 is 27.4 Å². The molecule has 5 heterocycles. The van der Waals surface area contributed by atoms with E-state index >= 15 is 4.39 Å². The first-order chi connectivity index (χ1) is 20.9. The molecule has 0 saturated carbocycles. The number of nitrogens with one attached hydrogen (secondary N) is 1. The topological polar surface area (TPSA) is 79.7 Å². The minimum Gasteiger partial charge on any atom is -0.508 e. The predicted molar refractivity (Wildman–Crippen MR) is 166 cm³/mol. The van der Waals surface area contributed by atoms with Crippen molar-refractivity contribution in [3.63, 3.8) is 0 Å². The third-order valence-corrected chi connectivity index (χ3v) is 8.94. The first kappa shape index (κ1) is 29.4. The number of aromatic nitrogens is 2. The molecule has 2 aromatic carbocycles. The number of aryl methyl sites for hydroxylation is 1. The summed E-state index contributed by atoms with van der Waals surface area (Å²) in [7, 11) is 1.51. The lowest BCUT2D eigenvalue weighted by Crippen LogP contribution is -2.38. The van der Waals surface area contributed by atoms with Crippen molar-refractivity contribution in [1.29, 1.82) is 0 Å². The Morgan fingerprint density at radius 3 is 2.60 bits per heavy atom. The Hall–Kier alpha value is -3.72. The zero-order valence-corrected chi connectivity index (χ0v) is 25.2. The molecular formula is C34H40F2N4O3. The third-order valence-electron chi connectivity index (χ3n) is 8.94. The van der Waals surface area contributed by atoms with Gasteiger partial charge in [-0.05, 0) is 80.1 Å². The van der Waals surface area contributed by atoms with Gasteiger partial charge in [-0.3, -0.25) is 0 Å². The van der Waals surface area contributed by atoms with Gasteiger partial charge in [-0.25, -0.2) is 18.7 Å². The number of halogens is 2. The first-order valence-corrected chi connectivity index (χ1v) is 15.5. The van der Waals surface area contributed by atoms with Crippen molar-refractivity contribution in [3.05, 3.63) is 47.5 Å². The summed E-state index contributed by atoms with van der Waals surface area (Å²) < 4.78 is 42.9. The maximum atomic E-state index is 16.4. The van der Waals surface area contributed by atoms with E-state index in [4.69, 9.17) is 9.47 Å². The summed E-state index contributed by atoms with van der Waals surface area (Å²) in [4.78, 5) is 11.4. The standard InChI is InChI=1S/C28H27F2N3O3.C6H13N/c1-3-18-20(29)9-8-15-11-17(34)12-19(23(15)18)26-25(30)27-24-21(13-22(31-27)35-2)33-10-6-4-5-7-16(33)14-36-28(24)32-26;1-6-4-2-3-5-7-6/h8-9,11-13,16,34H,3-7,10,14H2,1-2H3;6-7H,2-5H2,1H3. The van der Waals surface area contributed by atoms with Crippen LogP contribution in [0.4, 0.5) is 14.5 Å². The van der Waals surface area contributed by atoms with E-state index in [0.717, 1.165) is 44.0 Å². The average molecular weight is 591 g/mol. The number of methoxy groups -OCH3 is 1. The number of anilines is 1. The second-order valence-electron chi connectivity index (χ2n) is 11.8. The van der Waals surface area contributed by atoms with Gasteiger partial charge in [-0.1, -0.05) is 32.3 Å². The smallest absolute Gasteiger partial charge is 0.225 e. The van der Waals surface area contributed by atoms with Crippen LogP contribution in [0.25, 0.3) is 32.9 Å². The van der Waals surface area contributed by atoms with Crippen molar-refractivity contribution in [2.45, 2.75) is 77.3 Å². The third kappa shape index (κ3) is 5.67. The van der Waals surface area contributed by atoms with Crippen LogP contribution in [0.15, 0.2) is 30.3 Å². The zero-order valence-electron chi connectivity index (χ0n) is 25.2. The molecule has 0 aliphatic carbocycles. The van der Waals surface area contributed by atoms with Gasteiger partial charge in [0.05, 0.1) is 24.2 Å². The largest absolute Gasteiger partial charge is 0.508 e. The molecule has 7 rings (SSSR count). The number of hydrogen-bond acceptors (Lipinski definition) is 7. The minimum absolute atomic E-state index is 0.0394. The van der Waals surface area contributed by atoms with Crippen LogP contribution < -0.4 is 19.7 Å². The van der Waals surface area contributed by atoms with Crippen molar-refractivity contribution in [2.24, 2.45) is 0 Å². The second kappa shape index (κ2) is 12.5. The predicted octanol–water partition coefficient (Wildman–Crippen LogP) is 7.29. The molecular weight excluding hydrogens is 550 g/mol. The molecule has 0 bridgehead atoms. The molecule has 0 radical (unpaired) electrons. The lowest BCUT2D eigenvalue weighted by molar-refractivity contribution is 0.275. The molecule has 4 aromatic rings. The van der Waals surface area contributed by atoms with Gasteiger partial charge in [0, 0.05) is 24.2 Å². The molecule has 2 fully saturated rings. The van der Waals surface area contributed by atoms with Crippen LogP contribution in [-0.2, 0) is 6.42 Å². The molecule has 7 nitrogen and oxygen atoms in total. The molecule has 2 aromatic heterocycles.